The Morgan fingerprint density at radius 3 is 2.21 bits per heavy atom. The molecule has 3 rings (SSSR count). The first-order chi connectivity index (χ1) is 11.4. The fourth-order valence-electron chi connectivity index (χ4n) is 2.35. The Bertz CT molecular complexity index is 858. The van der Waals surface area contributed by atoms with Crippen molar-refractivity contribution in [3.05, 3.63) is 53.5 Å². The Labute approximate surface area is 136 Å². The summed E-state index contributed by atoms with van der Waals surface area (Å²) in [4.78, 5) is 37.6. The molecule has 0 aliphatic carbocycles. The molecule has 0 radical (unpaired) electrons. The molecule has 1 aliphatic heterocycles. The number of halogens is 1. The second kappa shape index (κ2) is 5.77. The third-order valence-corrected chi connectivity index (χ3v) is 3.70. The van der Waals surface area contributed by atoms with Gasteiger partial charge in [-0.2, -0.15) is 0 Å². The Balaban J connectivity index is 1.97. The van der Waals surface area contributed by atoms with Crippen LogP contribution in [0.3, 0.4) is 0 Å². The molecule has 122 valence electrons. The molecule has 2 heterocycles. The zero-order chi connectivity index (χ0) is 17.4. The van der Waals surface area contributed by atoms with Gasteiger partial charge < -0.3 is 4.42 Å². The van der Waals surface area contributed by atoms with E-state index < -0.39 is 23.7 Å². The molecule has 0 unspecified atom stereocenters. The highest BCUT2D eigenvalue weighted by atomic mass is 19.1. The largest absolute Gasteiger partial charge is 0.457 e. The molecule has 4 amide bonds. The molecule has 6 nitrogen and oxygen atoms in total. The molecule has 1 saturated heterocycles. The number of furan rings is 1. The van der Waals surface area contributed by atoms with E-state index in [1.54, 1.807) is 24.3 Å². The number of carbonyl (C=O) groups excluding carboxylic acids is 3. The molecular formula is C17H13FN2O4. The Morgan fingerprint density at radius 1 is 0.958 bits per heavy atom. The second-order valence-corrected chi connectivity index (χ2v) is 5.25. The summed E-state index contributed by atoms with van der Waals surface area (Å²) >= 11 is 0. The predicted molar refractivity (Wildman–Crippen MR) is 83.0 cm³/mol. The van der Waals surface area contributed by atoms with E-state index >= 15 is 0 Å². The maximum atomic E-state index is 13.8. The standard InChI is InChI=1S/C17H13FN2O4/c1-19-15(21)12(16(22)20(2)17(19)23)9-10-7-8-14(24-10)11-5-3-4-6-13(11)18/h3-9H,1-2H3. The van der Waals surface area contributed by atoms with Crippen LogP contribution in [-0.4, -0.2) is 41.7 Å². The molecule has 0 spiro atoms. The summed E-state index contributed by atoms with van der Waals surface area (Å²) in [7, 11) is 2.57. The summed E-state index contributed by atoms with van der Waals surface area (Å²) < 4.78 is 19.3. The van der Waals surface area contributed by atoms with Crippen LogP contribution in [0.2, 0.25) is 0 Å². The molecule has 1 aliphatic rings. The highest BCUT2D eigenvalue weighted by Gasteiger charge is 2.38. The first-order valence-corrected chi connectivity index (χ1v) is 7.06. The van der Waals surface area contributed by atoms with Gasteiger partial charge in [0.2, 0.25) is 0 Å². The Kier molecular flexibility index (Phi) is 3.76. The molecule has 2 aromatic rings. The van der Waals surface area contributed by atoms with Crippen molar-refractivity contribution in [3.63, 3.8) is 0 Å². The van der Waals surface area contributed by atoms with Gasteiger partial charge in [0, 0.05) is 14.1 Å². The number of hydrogen-bond acceptors (Lipinski definition) is 4. The lowest BCUT2D eigenvalue weighted by molar-refractivity contribution is -0.134. The van der Waals surface area contributed by atoms with Gasteiger partial charge in [0.25, 0.3) is 11.8 Å². The molecule has 1 aromatic carbocycles. The van der Waals surface area contributed by atoms with E-state index in [-0.39, 0.29) is 22.7 Å². The monoisotopic (exact) mass is 328 g/mol. The fraction of sp³-hybridized carbons (Fsp3) is 0.118. The van der Waals surface area contributed by atoms with E-state index in [0.717, 1.165) is 9.80 Å². The molecule has 0 N–H and O–H groups in total. The summed E-state index contributed by atoms with van der Waals surface area (Å²) in [5.41, 5.74) is 0.0712. The van der Waals surface area contributed by atoms with Gasteiger partial charge in [-0.1, -0.05) is 12.1 Å². The molecule has 1 fully saturated rings. The number of urea groups is 1. The van der Waals surface area contributed by atoms with Crippen molar-refractivity contribution in [1.29, 1.82) is 0 Å². The molecule has 7 heteroatoms. The number of likely N-dealkylation sites (N-methyl/N-ethyl adjacent to an activating group) is 2. The topological polar surface area (TPSA) is 70.8 Å². The molecule has 1 aromatic heterocycles. The second-order valence-electron chi connectivity index (χ2n) is 5.25. The van der Waals surface area contributed by atoms with Crippen LogP contribution < -0.4 is 0 Å². The first-order valence-electron chi connectivity index (χ1n) is 7.06. The van der Waals surface area contributed by atoms with Gasteiger partial charge >= 0.3 is 6.03 Å². The molecule has 24 heavy (non-hydrogen) atoms. The lowest BCUT2D eigenvalue weighted by atomic mass is 10.1. The number of amides is 4. The van der Waals surface area contributed by atoms with Gasteiger partial charge in [0.05, 0.1) is 5.56 Å². The SMILES string of the molecule is CN1C(=O)C(=Cc2ccc(-c3ccccc3F)o2)C(=O)N(C)C1=O. The van der Waals surface area contributed by atoms with E-state index in [1.807, 2.05) is 0 Å². The van der Waals surface area contributed by atoms with Crippen molar-refractivity contribution in [2.75, 3.05) is 14.1 Å². The summed E-state index contributed by atoms with van der Waals surface area (Å²) in [5, 5.41) is 0. The van der Waals surface area contributed by atoms with Crippen molar-refractivity contribution in [1.82, 2.24) is 9.80 Å². The number of imide groups is 2. The highest BCUT2D eigenvalue weighted by Crippen LogP contribution is 2.26. The van der Waals surface area contributed by atoms with Crippen LogP contribution in [0.15, 0.2) is 46.4 Å². The lowest BCUT2D eigenvalue weighted by Crippen LogP contribution is -2.52. The van der Waals surface area contributed by atoms with Crippen molar-refractivity contribution < 1.29 is 23.2 Å². The van der Waals surface area contributed by atoms with Gasteiger partial charge in [-0.15, -0.1) is 0 Å². The number of rotatable bonds is 2. The van der Waals surface area contributed by atoms with Gasteiger partial charge in [-0.25, -0.2) is 9.18 Å². The predicted octanol–water partition coefficient (Wildman–Crippen LogP) is 2.52. The zero-order valence-corrected chi connectivity index (χ0v) is 12.9. The smallest absolute Gasteiger partial charge is 0.333 e. The van der Waals surface area contributed by atoms with Gasteiger partial charge in [-0.05, 0) is 30.3 Å². The van der Waals surface area contributed by atoms with Crippen LogP contribution >= 0.6 is 0 Å². The Morgan fingerprint density at radius 2 is 1.58 bits per heavy atom. The van der Waals surface area contributed by atoms with E-state index in [0.29, 0.717) is 0 Å². The zero-order valence-electron chi connectivity index (χ0n) is 12.9. The summed E-state index contributed by atoms with van der Waals surface area (Å²) in [5.74, 6) is -1.39. The lowest BCUT2D eigenvalue weighted by Gasteiger charge is -2.28. The van der Waals surface area contributed by atoms with Crippen LogP contribution in [0.5, 0.6) is 0 Å². The van der Waals surface area contributed by atoms with Crippen LogP contribution in [0.25, 0.3) is 17.4 Å². The van der Waals surface area contributed by atoms with Gasteiger partial charge in [0.1, 0.15) is 22.9 Å². The molecule has 0 atom stereocenters. The summed E-state index contributed by atoms with van der Waals surface area (Å²) in [6, 6.07) is 8.46. The molecule has 0 saturated carbocycles. The van der Waals surface area contributed by atoms with Gasteiger partial charge in [0.15, 0.2) is 0 Å². The normalized spacial score (nSPS) is 15.3. The van der Waals surface area contributed by atoms with Crippen LogP contribution in [0, 0.1) is 5.82 Å². The van der Waals surface area contributed by atoms with Crippen molar-refractivity contribution in [3.8, 4) is 11.3 Å². The maximum absolute atomic E-state index is 13.8. The quantitative estimate of drug-likeness (QED) is 0.627. The molecular weight excluding hydrogens is 315 g/mol. The number of benzene rings is 1. The van der Waals surface area contributed by atoms with Crippen LogP contribution in [-0.2, 0) is 9.59 Å². The summed E-state index contributed by atoms with van der Waals surface area (Å²) in [6.07, 6.45) is 1.24. The minimum Gasteiger partial charge on any atom is -0.457 e. The average molecular weight is 328 g/mol. The van der Waals surface area contributed by atoms with Crippen molar-refractivity contribution in [2.45, 2.75) is 0 Å². The van der Waals surface area contributed by atoms with E-state index in [9.17, 15) is 18.8 Å². The number of barbiturate groups is 1. The van der Waals surface area contributed by atoms with Crippen molar-refractivity contribution in [2.24, 2.45) is 0 Å². The van der Waals surface area contributed by atoms with Crippen molar-refractivity contribution >= 4 is 23.9 Å². The summed E-state index contributed by atoms with van der Waals surface area (Å²) in [6.45, 7) is 0. The minimum atomic E-state index is -0.716. The number of nitrogens with zero attached hydrogens (tertiary/aromatic N) is 2. The Hall–Kier alpha value is -3.22. The minimum absolute atomic E-state index is 0.200. The average Bonchev–Trinajstić information content (AvgIpc) is 3.04. The van der Waals surface area contributed by atoms with Crippen LogP contribution in [0.1, 0.15) is 5.76 Å². The molecule has 0 bridgehead atoms. The highest BCUT2D eigenvalue weighted by molar-refractivity contribution is 6.30. The third kappa shape index (κ3) is 2.50. The van der Waals surface area contributed by atoms with E-state index in [1.165, 1.54) is 32.3 Å². The van der Waals surface area contributed by atoms with Gasteiger partial charge in [-0.3, -0.25) is 19.4 Å². The number of carbonyl (C=O) groups is 3. The maximum Gasteiger partial charge on any atom is 0.333 e. The first kappa shape index (κ1) is 15.7. The van der Waals surface area contributed by atoms with E-state index in [4.69, 9.17) is 4.42 Å². The van der Waals surface area contributed by atoms with Crippen LogP contribution in [0.4, 0.5) is 9.18 Å². The fourth-order valence-corrected chi connectivity index (χ4v) is 2.35. The number of hydrogen-bond donors (Lipinski definition) is 0. The van der Waals surface area contributed by atoms with E-state index in [2.05, 4.69) is 0 Å². The third-order valence-electron chi connectivity index (χ3n) is 3.70.